The molecule has 58 heavy (non-hydrogen) atoms. The zero-order chi connectivity index (χ0) is 38.2. The number of furan rings is 1. The Bertz CT molecular complexity index is 3420. The quantitative estimate of drug-likeness (QED) is 0.125. The molecule has 8 aromatic carbocycles. The third kappa shape index (κ3) is 4.65. The number of nitrogens with zero attached hydrogens (tertiary/aromatic N) is 3. The summed E-state index contributed by atoms with van der Waals surface area (Å²) in [6, 6.07) is 75.3. The van der Waals surface area contributed by atoms with E-state index in [1.165, 1.54) is 42.4 Å². The first kappa shape index (κ1) is 32.7. The predicted molar refractivity (Wildman–Crippen MR) is 244 cm³/mol. The third-order valence-corrected chi connectivity index (χ3v) is 16.9. The maximum absolute atomic E-state index is 6.47. The molecule has 0 aliphatic rings. The van der Waals surface area contributed by atoms with Crippen LogP contribution in [0.3, 0.4) is 0 Å². The largest absolute Gasteiger partial charge is 0.456 e. The molecule has 0 fully saturated rings. The first-order chi connectivity index (χ1) is 28.8. The van der Waals surface area contributed by atoms with E-state index in [1.54, 1.807) is 0 Å². The number of para-hydroxylation sites is 3. The molecule has 0 amide bonds. The van der Waals surface area contributed by atoms with Crippen LogP contribution in [0.1, 0.15) is 0 Å². The van der Waals surface area contributed by atoms with Crippen molar-refractivity contribution < 1.29 is 4.42 Å². The minimum atomic E-state index is -2.93. The van der Waals surface area contributed by atoms with Gasteiger partial charge in [0.1, 0.15) is 16.8 Å². The summed E-state index contributed by atoms with van der Waals surface area (Å²) < 4.78 is 11.2. The molecule has 12 rings (SSSR count). The zero-order valence-corrected chi connectivity index (χ0v) is 32.5. The molecule has 0 aliphatic heterocycles. The van der Waals surface area contributed by atoms with Crippen molar-refractivity contribution in [2.75, 3.05) is 0 Å². The van der Waals surface area contributed by atoms with Gasteiger partial charge in [-0.2, -0.15) is 0 Å². The summed E-state index contributed by atoms with van der Waals surface area (Å²) in [6.45, 7) is 0. The average Bonchev–Trinajstić information content (AvgIpc) is 3.96. The van der Waals surface area contributed by atoms with Gasteiger partial charge in [-0.3, -0.25) is 4.57 Å². The highest BCUT2D eigenvalue weighted by atomic mass is 28.3. The number of hydrogen-bond acceptors (Lipinski definition) is 2. The molecule has 0 saturated carbocycles. The Morgan fingerprint density at radius 1 is 0.379 bits per heavy atom. The maximum atomic E-state index is 6.47. The minimum absolute atomic E-state index is 0.893. The van der Waals surface area contributed by atoms with E-state index in [2.05, 4.69) is 203 Å². The van der Waals surface area contributed by atoms with Gasteiger partial charge in [-0.25, -0.2) is 4.98 Å². The van der Waals surface area contributed by atoms with Crippen molar-refractivity contribution in [1.82, 2.24) is 14.1 Å². The monoisotopic (exact) mass is 757 g/mol. The maximum Gasteiger partial charge on any atom is 0.179 e. The van der Waals surface area contributed by atoms with Crippen molar-refractivity contribution in [3.8, 4) is 11.4 Å². The molecular weight excluding hydrogens is 723 g/mol. The van der Waals surface area contributed by atoms with Crippen LogP contribution in [0.25, 0.3) is 77.1 Å². The fourth-order valence-corrected chi connectivity index (χ4v) is 14.5. The van der Waals surface area contributed by atoms with Crippen LogP contribution >= 0.6 is 0 Å². The first-order valence-electron chi connectivity index (χ1n) is 19.8. The lowest BCUT2D eigenvalue weighted by atomic mass is 10.1. The lowest BCUT2D eigenvalue weighted by Gasteiger charge is -2.35. The van der Waals surface area contributed by atoms with Crippen LogP contribution < -0.4 is 20.7 Å². The number of hydrogen-bond donors (Lipinski definition) is 0. The van der Waals surface area contributed by atoms with Crippen molar-refractivity contribution in [3.05, 3.63) is 212 Å². The Kier molecular flexibility index (Phi) is 7.21. The predicted octanol–water partition coefficient (Wildman–Crippen LogP) is 10.6. The van der Waals surface area contributed by atoms with Gasteiger partial charge in [0.05, 0.1) is 21.9 Å². The molecule has 4 nitrogen and oxygen atoms in total. The number of fused-ring (bicyclic) bond motifs is 10. The molecule has 4 heterocycles. The number of rotatable bonds is 6. The lowest BCUT2D eigenvalue weighted by Crippen LogP contribution is -2.74. The Hall–Kier alpha value is -7.47. The van der Waals surface area contributed by atoms with Crippen LogP contribution in [0.2, 0.25) is 0 Å². The average molecular weight is 758 g/mol. The van der Waals surface area contributed by atoms with Crippen LogP contribution in [0.4, 0.5) is 0 Å². The van der Waals surface area contributed by atoms with E-state index in [-0.39, 0.29) is 0 Å². The summed E-state index contributed by atoms with van der Waals surface area (Å²) in [5.41, 5.74) is 8.45. The van der Waals surface area contributed by atoms with Crippen molar-refractivity contribution in [2.24, 2.45) is 0 Å². The summed E-state index contributed by atoms with van der Waals surface area (Å²) in [7, 11) is -2.93. The highest BCUT2D eigenvalue weighted by Crippen LogP contribution is 2.40. The molecule has 0 atom stereocenters. The molecule has 5 heteroatoms. The number of aromatic nitrogens is 3. The second kappa shape index (κ2) is 12.8. The van der Waals surface area contributed by atoms with Crippen molar-refractivity contribution >= 4 is 94.5 Å². The van der Waals surface area contributed by atoms with Crippen LogP contribution in [0, 0.1) is 0 Å². The van der Waals surface area contributed by atoms with E-state index < -0.39 is 8.07 Å². The highest BCUT2D eigenvalue weighted by Gasteiger charge is 2.41. The van der Waals surface area contributed by atoms with E-state index in [9.17, 15) is 0 Å². The molecule has 4 aromatic heterocycles. The van der Waals surface area contributed by atoms with Gasteiger partial charge in [-0.1, -0.05) is 140 Å². The topological polar surface area (TPSA) is 35.9 Å². The Labute approximate surface area is 335 Å². The molecule has 0 saturated heterocycles. The summed E-state index contributed by atoms with van der Waals surface area (Å²) in [5, 5.41) is 12.3. The second-order valence-corrected chi connectivity index (χ2v) is 18.9. The van der Waals surface area contributed by atoms with Crippen LogP contribution in [0.15, 0.2) is 217 Å². The summed E-state index contributed by atoms with van der Waals surface area (Å²) in [5.74, 6) is 0. The SMILES string of the molecule is c1ccc([Si](c2ccccc2)(c2ccc(-n3c4ccccc4c4cccnc43)cc2)c2cccc(-n3c4ccccc4c4ccc5oc6ccccc6c5c43)c2)cc1. The van der Waals surface area contributed by atoms with Gasteiger partial charge in [0.15, 0.2) is 8.07 Å². The molecule has 0 unspecified atom stereocenters. The van der Waals surface area contributed by atoms with Crippen molar-refractivity contribution in [3.63, 3.8) is 0 Å². The standard InChI is InChI=1S/C53H35N3OSi/c1-3-16-38(17-4-1)58(39-18-5-2-6-19-39,40-30-28-36(29-31-40)56-48-26-11-8-22-43(48)45-24-14-34-54-53(45)56)41-20-13-15-37(35-41)55-47-25-10-7-21-42(47)44-32-33-50-51(52(44)55)46-23-9-12-27-49(46)57-50/h1-35H. The van der Waals surface area contributed by atoms with Crippen molar-refractivity contribution in [1.29, 1.82) is 0 Å². The van der Waals surface area contributed by atoms with Crippen LogP contribution in [-0.2, 0) is 0 Å². The minimum Gasteiger partial charge on any atom is -0.456 e. The smallest absolute Gasteiger partial charge is 0.179 e. The van der Waals surface area contributed by atoms with E-state index in [0.717, 1.165) is 55.4 Å². The molecule has 0 bridgehead atoms. The Balaban J connectivity index is 1.14. The van der Waals surface area contributed by atoms with E-state index in [0.29, 0.717) is 0 Å². The molecule has 0 spiro atoms. The second-order valence-electron chi connectivity index (χ2n) is 15.1. The third-order valence-electron chi connectivity index (χ3n) is 12.1. The Morgan fingerprint density at radius 3 is 1.71 bits per heavy atom. The Morgan fingerprint density at radius 2 is 0.966 bits per heavy atom. The summed E-state index contributed by atoms with van der Waals surface area (Å²) >= 11 is 0. The van der Waals surface area contributed by atoms with Gasteiger partial charge in [0, 0.05) is 44.5 Å². The van der Waals surface area contributed by atoms with Crippen LogP contribution in [-0.4, -0.2) is 22.2 Å². The van der Waals surface area contributed by atoms with Gasteiger partial charge >= 0.3 is 0 Å². The van der Waals surface area contributed by atoms with E-state index in [1.807, 2.05) is 18.3 Å². The van der Waals surface area contributed by atoms with Gasteiger partial charge in [-0.15, -0.1) is 0 Å². The lowest BCUT2D eigenvalue weighted by molar-refractivity contribution is 0.669. The highest BCUT2D eigenvalue weighted by molar-refractivity contribution is 7.19. The molecule has 272 valence electrons. The fraction of sp³-hybridized carbons (Fsp3) is 0. The molecule has 0 radical (unpaired) electrons. The fourth-order valence-electron chi connectivity index (χ4n) is 9.71. The van der Waals surface area contributed by atoms with Gasteiger partial charge in [0.25, 0.3) is 0 Å². The molecule has 0 aliphatic carbocycles. The molecule has 12 aromatic rings. The molecule has 0 N–H and O–H groups in total. The van der Waals surface area contributed by atoms with E-state index in [4.69, 9.17) is 9.40 Å². The normalized spacial score (nSPS) is 12.1. The number of pyridine rings is 1. The van der Waals surface area contributed by atoms with Gasteiger partial charge < -0.3 is 8.98 Å². The van der Waals surface area contributed by atoms with Crippen molar-refractivity contribution in [2.45, 2.75) is 0 Å². The zero-order valence-electron chi connectivity index (χ0n) is 31.5. The number of benzene rings is 8. The van der Waals surface area contributed by atoms with E-state index >= 15 is 0 Å². The summed E-state index contributed by atoms with van der Waals surface area (Å²) in [4.78, 5) is 4.88. The van der Waals surface area contributed by atoms with Crippen LogP contribution in [0.5, 0.6) is 0 Å². The van der Waals surface area contributed by atoms with Gasteiger partial charge in [0.2, 0.25) is 0 Å². The van der Waals surface area contributed by atoms with Gasteiger partial charge in [-0.05, 0) is 87.5 Å². The molecular formula is C53H35N3OSi. The summed E-state index contributed by atoms with van der Waals surface area (Å²) in [6.07, 6.45) is 1.89. The first-order valence-corrected chi connectivity index (χ1v) is 21.8.